The highest BCUT2D eigenvalue weighted by atomic mass is 15.2. The number of nitrogens with two attached hydrogens (primary N) is 1. The van der Waals surface area contributed by atoms with Gasteiger partial charge in [0.1, 0.15) is 11.7 Å². The number of aryl methyl sites for hydroxylation is 2. The minimum absolute atomic E-state index is 0.111. The predicted octanol–water partition coefficient (Wildman–Crippen LogP) is 2.36. The van der Waals surface area contributed by atoms with Gasteiger partial charge in [-0.25, -0.2) is 4.98 Å². The van der Waals surface area contributed by atoms with Crippen LogP contribution in [0.4, 0.5) is 5.82 Å². The number of aromatic nitrogens is 1. The summed E-state index contributed by atoms with van der Waals surface area (Å²) in [6, 6.07) is 2.53. The molecule has 18 heavy (non-hydrogen) atoms. The van der Waals surface area contributed by atoms with Gasteiger partial charge in [-0.15, -0.1) is 0 Å². The predicted molar refractivity (Wildman–Crippen MR) is 75.4 cm³/mol. The smallest absolute Gasteiger partial charge is 0.140 e. The summed E-state index contributed by atoms with van der Waals surface area (Å²) in [7, 11) is 2.07. The van der Waals surface area contributed by atoms with Crippen LogP contribution in [0.5, 0.6) is 0 Å². The minimum Gasteiger partial charge on any atom is -0.384 e. The number of nitrogen functional groups attached to an aromatic ring is 1. The van der Waals surface area contributed by atoms with Crippen LogP contribution in [0.25, 0.3) is 0 Å². The summed E-state index contributed by atoms with van der Waals surface area (Å²) < 4.78 is 0. The molecule has 2 rings (SSSR count). The molecular weight excluding hydrogens is 224 g/mol. The van der Waals surface area contributed by atoms with Gasteiger partial charge in [0, 0.05) is 18.8 Å². The summed E-state index contributed by atoms with van der Waals surface area (Å²) in [5.41, 5.74) is 8.53. The molecule has 0 amide bonds. The van der Waals surface area contributed by atoms with Crippen molar-refractivity contribution in [1.82, 2.24) is 4.98 Å². The Morgan fingerprint density at radius 1 is 1.39 bits per heavy atom. The highest BCUT2D eigenvalue weighted by Crippen LogP contribution is 2.29. The van der Waals surface area contributed by atoms with Gasteiger partial charge >= 0.3 is 0 Å². The van der Waals surface area contributed by atoms with Crippen LogP contribution in [0.3, 0.4) is 0 Å². The summed E-state index contributed by atoms with van der Waals surface area (Å²) in [6.45, 7) is 3.99. The molecule has 0 aromatic carbocycles. The minimum atomic E-state index is 0.111. The van der Waals surface area contributed by atoms with E-state index in [2.05, 4.69) is 16.9 Å². The third-order valence-electron chi connectivity index (χ3n) is 3.80. The van der Waals surface area contributed by atoms with Crippen molar-refractivity contribution in [3.8, 4) is 0 Å². The summed E-state index contributed by atoms with van der Waals surface area (Å²) in [4.78, 5) is 6.82. The number of anilines is 1. The normalized spacial score (nSPS) is 15.9. The molecule has 0 atom stereocenters. The fourth-order valence-corrected chi connectivity index (χ4v) is 2.87. The average Bonchev–Trinajstić information content (AvgIpc) is 2.79. The molecule has 1 saturated carbocycles. The zero-order valence-electron chi connectivity index (χ0n) is 11.5. The van der Waals surface area contributed by atoms with E-state index >= 15 is 0 Å². The molecule has 0 radical (unpaired) electrons. The molecule has 1 aliphatic rings. The standard InChI is InChI=1S/C14H22N4/c1-9-8-10(2)17-14(12(9)13(15)16)18(3)11-6-4-5-7-11/h8,11H,4-7H2,1-3H3,(H3,15,16). The number of nitrogens with zero attached hydrogens (tertiary/aromatic N) is 2. The van der Waals surface area contributed by atoms with E-state index in [0.717, 1.165) is 22.6 Å². The van der Waals surface area contributed by atoms with Gasteiger partial charge in [0.05, 0.1) is 5.56 Å². The van der Waals surface area contributed by atoms with Crippen LogP contribution in [-0.4, -0.2) is 23.9 Å². The van der Waals surface area contributed by atoms with Crippen molar-refractivity contribution < 1.29 is 0 Å². The number of rotatable bonds is 3. The first-order valence-corrected chi connectivity index (χ1v) is 6.56. The van der Waals surface area contributed by atoms with E-state index < -0.39 is 0 Å². The molecule has 1 aromatic heterocycles. The van der Waals surface area contributed by atoms with E-state index in [9.17, 15) is 0 Å². The van der Waals surface area contributed by atoms with E-state index in [1.807, 2.05) is 19.9 Å². The first kappa shape index (κ1) is 12.9. The average molecular weight is 246 g/mol. The lowest BCUT2D eigenvalue weighted by Crippen LogP contribution is -2.32. The van der Waals surface area contributed by atoms with Crippen LogP contribution in [0, 0.1) is 19.3 Å². The van der Waals surface area contributed by atoms with Crippen LogP contribution in [0.1, 0.15) is 42.5 Å². The van der Waals surface area contributed by atoms with Crippen LogP contribution in [0.15, 0.2) is 6.07 Å². The van der Waals surface area contributed by atoms with E-state index in [-0.39, 0.29) is 5.84 Å². The lowest BCUT2D eigenvalue weighted by molar-refractivity contribution is 0.645. The van der Waals surface area contributed by atoms with E-state index in [1.165, 1.54) is 25.7 Å². The maximum absolute atomic E-state index is 7.76. The first-order valence-electron chi connectivity index (χ1n) is 6.56. The van der Waals surface area contributed by atoms with Gasteiger partial charge in [-0.05, 0) is 38.3 Å². The molecule has 0 unspecified atom stereocenters. The molecule has 1 aromatic rings. The number of nitrogens with one attached hydrogen (secondary N) is 1. The number of hydrogen-bond acceptors (Lipinski definition) is 3. The second kappa shape index (κ2) is 4.96. The van der Waals surface area contributed by atoms with E-state index in [4.69, 9.17) is 11.1 Å². The molecule has 1 fully saturated rings. The molecule has 4 heteroatoms. The van der Waals surface area contributed by atoms with Crippen molar-refractivity contribution in [2.75, 3.05) is 11.9 Å². The summed E-state index contributed by atoms with van der Waals surface area (Å²) in [5.74, 6) is 0.978. The fraction of sp³-hybridized carbons (Fsp3) is 0.571. The van der Waals surface area contributed by atoms with Gasteiger partial charge in [0.25, 0.3) is 0 Å². The Morgan fingerprint density at radius 3 is 2.56 bits per heavy atom. The Labute approximate surface area is 109 Å². The Hall–Kier alpha value is -1.58. The van der Waals surface area contributed by atoms with E-state index in [1.54, 1.807) is 0 Å². The highest BCUT2D eigenvalue weighted by molar-refractivity contribution is 6.01. The third-order valence-corrected chi connectivity index (χ3v) is 3.80. The second-order valence-electron chi connectivity index (χ2n) is 5.24. The molecule has 1 aliphatic carbocycles. The second-order valence-corrected chi connectivity index (χ2v) is 5.24. The van der Waals surface area contributed by atoms with E-state index in [0.29, 0.717) is 6.04 Å². The lowest BCUT2D eigenvalue weighted by atomic mass is 10.1. The zero-order valence-corrected chi connectivity index (χ0v) is 11.5. The van der Waals surface area contributed by atoms with Gasteiger partial charge in [0.15, 0.2) is 0 Å². The molecule has 0 spiro atoms. The van der Waals surface area contributed by atoms with Gasteiger partial charge in [-0.3, -0.25) is 5.41 Å². The molecule has 98 valence electrons. The first-order chi connectivity index (χ1) is 8.50. The number of hydrogen-bond donors (Lipinski definition) is 2. The maximum atomic E-state index is 7.76. The van der Waals surface area contributed by atoms with Crippen molar-refractivity contribution in [1.29, 1.82) is 5.41 Å². The zero-order chi connectivity index (χ0) is 13.3. The lowest BCUT2D eigenvalue weighted by Gasteiger charge is -2.28. The topological polar surface area (TPSA) is 66.0 Å². The Morgan fingerprint density at radius 2 is 2.00 bits per heavy atom. The number of pyridine rings is 1. The monoisotopic (exact) mass is 246 g/mol. The SMILES string of the molecule is Cc1cc(C)c(C(=N)N)c(N(C)C2CCCC2)n1. The number of amidine groups is 1. The van der Waals surface area contributed by atoms with Crippen LogP contribution < -0.4 is 10.6 Å². The third kappa shape index (κ3) is 2.33. The Kier molecular flexibility index (Phi) is 3.55. The van der Waals surface area contributed by atoms with Crippen molar-refractivity contribution in [3.05, 3.63) is 22.9 Å². The maximum Gasteiger partial charge on any atom is 0.140 e. The molecule has 0 saturated heterocycles. The highest BCUT2D eigenvalue weighted by Gasteiger charge is 2.24. The summed E-state index contributed by atoms with van der Waals surface area (Å²) >= 11 is 0. The summed E-state index contributed by atoms with van der Waals surface area (Å²) in [5, 5.41) is 7.76. The molecule has 4 nitrogen and oxygen atoms in total. The van der Waals surface area contributed by atoms with Crippen LogP contribution >= 0.6 is 0 Å². The van der Waals surface area contributed by atoms with Crippen molar-refractivity contribution in [2.24, 2.45) is 5.73 Å². The molecule has 3 N–H and O–H groups in total. The van der Waals surface area contributed by atoms with Gasteiger partial charge < -0.3 is 10.6 Å². The Bertz CT molecular complexity index is 461. The molecule has 1 heterocycles. The van der Waals surface area contributed by atoms with Crippen LogP contribution in [0.2, 0.25) is 0 Å². The molecule has 0 aliphatic heterocycles. The summed E-state index contributed by atoms with van der Waals surface area (Å²) in [6.07, 6.45) is 5.00. The fourth-order valence-electron chi connectivity index (χ4n) is 2.87. The van der Waals surface area contributed by atoms with Crippen molar-refractivity contribution >= 4 is 11.7 Å². The molecular formula is C14H22N4. The van der Waals surface area contributed by atoms with Crippen molar-refractivity contribution in [2.45, 2.75) is 45.6 Å². The van der Waals surface area contributed by atoms with Gasteiger partial charge in [0.2, 0.25) is 0 Å². The molecule has 0 bridgehead atoms. The Balaban J connectivity index is 2.44. The largest absolute Gasteiger partial charge is 0.384 e. The van der Waals surface area contributed by atoms with Crippen LogP contribution in [-0.2, 0) is 0 Å². The van der Waals surface area contributed by atoms with Gasteiger partial charge in [-0.2, -0.15) is 0 Å². The quantitative estimate of drug-likeness (QED) is 0.635. The van der Waals surface area contributed by atoms with Crippen molar-refractivity contribution in [3.63, 3.8) is 0 Å². The van der Waals surface area contributed by atoms with Gasteiger partial charge in [-0.1, -0.05) is 12.8 Å².